The first-order valence-corrected chi connectivity index (χ1v) is 13.2. The lowest BCUT2D eigenvalue weighted by atomic mass is 9.86. The van der Waals surface area contributed by atoms with Crippen molar-refractivity contribution < 1.29 is 13.6 Å². The van der Waals surface area contributed by atoms with Gasteiger partial charge in [-0.05, 0) is 29.4 Å². The van der Waals surface area contributed by atoms with Crippen LogP contribution in [-0.2, 0) is 15.4 Å². The van der Waals surface area contributed by atoms with Gasteiger partial charge in [-0.1, -0.05) is 117 Å². The van der Waals surface area contributed by atoms with E-state index in [4.69, 9.17) is 13.6 Å². The van der Waals surface area contributed by atoms with Crippen molar-refractivity contribution in [2.75, 3.05) is 6.61 Å². The van der Waals surface area contributed by atoms with Gasteiger partial charge in [0, 0.05) is 11.1 Å². The Morgan fingerprint density at radius 2 is 1.06 bits per heavy atom. The van der Waals surface area contributed by atoms with E-state index >= 15 is 0 Å². The minimum atomic E-state index is -1.57. The second-order valence-corrected chi connectivity index (χ2v) is 11.6. The predicted octanol–water partition coefficient (Wildman–Crippen LogP) is 9.34. The lowest BCUT2D eigenvalue weighted by Gasteiger charge is -2.27. The second-order valence-electron chi connectivity index (χ2n) is 10.5. The van der Waals surface area contributed by atoms with E-state index < -0.39 is 8.60 Å². The monoisotopic (exact) mass is 458 g/mol. The van der Waals surface area contributed by atoms with Crippen LogP contribution in [0.1, 0.15) is 98.1 Å². The maximum absolute atomic E-state index is 6.41. The maximum Gasteiger partial charge on any atom is 0.463 e. The number of unbranched alkanes of at least 4 members (excludes halogenated alkanes) is 5. The Bertz CT molecular complexity index is 745. The van der Waals surface area contributed by atoms with E-state index in [9.17, 15) is 0 Å². The van der Waals surface area contributed by atoms with Crippen LogP contribution in [0.2, 0.25) is 0 Å². The molecule has 3 nitrogen and oxygen atoms in total. The fraction of sp³-hybridized carbons (Fsp3) is 0.571. The molecule has 0 saturated heterocycles. The molecule has 0 aromatic heterocycles. The Hall–Kier alpha value is -1.57. The first-order chi connectivity index (χ1) is 15.1. The Morgan fingerprint density at radius 1 is 0.625 bits per heavy atom. The summed E-state index contributed by atoms with van der Waals surface area (Å²) in [4.78, 5) is 0. The summed E-state index contributed by atoms with van der Waals surface area (Å²) in [6, 6.07) is 16.4. The van der Waals surface area contributed by atoms with Gasteiger partial charge in [-0.3, -0.25) is 4.52 Å². The van der Waals surface area contributed by atoms with Gasteiger partial charge in [0.2, 0.25) is 0 Å². The molecular weight excluding hydrogens is 415 g/mol. The predicted molar refractivity (Wildman–Crippen MR) is 138 cm³/mol. The van der Waals surface area contributed by atoms with Crippen molar-refractivity contribution in [3.63, 3.8) is 0 Å². The largest absolute Gasteiger partial charge is 0.463 e. The lowest BCUT2D eigenvalue weighted by Crippen LogP contribution is -2.15. The molecule has 0 aliphatic rings. The van der Waals surface area contributed by atoms with Crippen LogP contribution < -0.4 is 9.05 Å². The van der Waals surface area contributed by atoms with Crippen molar-refractivity contribution in [1.29, 1.82) is 0 Å². The fourth-order valence-electron chi connectivity index (χ4n) is 3.59. The van der Waals surface area contributed by atoms with Gasteiger partial charge in [0.1, 0.15) is 11.5 Å². The standard InChI is InChI=1S/C28H43O3P/c1-8-9-10-11-12-17-22-29-32(30-25-20-15-13-18-23(25)27(2,3)4)31-26-21-16-14-19-24(26)28(5,6)7/h13-16,18-21H,8-12,17,22H2,1-7H3. The van der Waals surface area contributed by atoms with Gasteiger partial charge >= 0.3 is 8.60 Å². The molecule has 0 amide bonds. The van der Waals surface area contributed by atoms with Gasteiger partial charge in [0.15, 0.2) is 0 Å². The Morgan fingerprint density at radius 3 is 1.53 bits per heavy atom. The molecule has 0 fully saturated rings. The molecule has 0 radical (unpaired) electrons. The molecule has 0 spiro atoms. The topological polar surface area (TPSA) is 27.7 Å². The average molecular weight is 459 g/mol. The molecule has 0 aliphatic heterocycles. The van der Waals surface area contributed by atoms with E-state index in [1.54, 1.807) is 0 Å². The van der Waals surface area contributed by atoms with Crippen molar-refractivity contribution in [3.8, 4) is 11.5 Å². The first kappa shape index (κ1) is 26.7. The van der Waals surface area contributed by atoms with E-state index in [1.165, 1.54) is 32.1 Å². The Labute approximate surface area is 197 Å². The summed E-state index contributed by atoms with van der Waals surface area (Å²) in [5, 5.41) is 0. The molecule has 178 valence electrons. The zero-order valence-corrected chi connectivity index (χ0v) is 22.1. The Kier molecular flexibility index (Phi) is 10.5. The summed E-state index contributed by atoms with van der Waals surface area (Å²) in [5.74, 6) is 1.67. The van der Waals surface area contributed by atoms with Crippen LogP contribution in [0.5, 0.6) is 11.5 Å². The Balaban J connectivity index is 2.16. The molecule has 2 aromatic carbocycles. The van der Waals surface area contributed by atoms with Crippen LogP contribution in [-0.4, -0.2) is 6.61 Å². The quantitative estimate of drug-likeness (QED) is 0.234. The third-order valence-electron chi connectivity index (χ3n) is 5.43. The SMILES string of the molecule is CCCCCCCCOP(Oc1ccccc1C(C)(C)C)Oc1ccccc1C(C)(C)C. The van der Waals surface area contributed by atoms with Crippen LogP contribution in [0.4, 0.5) is 0 Å². The molecule has 0 aliphatic carbocycles. The third kappa shape index (κ3) is 8.75. The summed E-state index contributed by atoms with van der Waals surface area (Å²) < 4.78 is 19.0. The van der Waals surface area contributed by atoms with Crippen LogP contribution >= 0.6 is 8.60 Å². The van der Waals surface area contributed by atoms with Crippen molar-refractivity contribution in [3.05, 3.63) is 59.7 Å². The summed E-state index contributed by atoms with van der Waals surface area (Å²) in [6.07, 6.45) is 7.35. The van der Waals surface area contributed by atoms with Gasteiger partial charge < -0.3 is 9.05 Å². The molecule has 32 heavy (non-hydrogen) atoms. The molecule has 2 aromatic rings. The highest BCUT2D eigenvalue weighted by atomic mass is 31.2. The number of para-hydroxylation sites is 2. The number of rotatable bonds is 12. The molecule has 0 saturated carbocycles. The van der Waals surface area contributed by atoms with E-state index in [1.807, 2.05) is 24.3 Å². The minimum Gasteiger partial charge on any atom is -0.417 e. The van der Waals surface area contributed by atoms with Crippen LogP contribution in [0.3, 0.4) is 0 Å². The summed E-state index contributed by atoms with van der Waals surface area (Å²) in [5.41, 5.74) is 2.26. The van der Waals surface area contributed by atoms with Crippen molar-refractivity contribution >= 4 is 8.60 Å². The third-order valence-corrected chi connectivity index (χ3v) is 6.52. The van der Waals surface area contributed by atoms with Crippen LogP contribution in [0.15, 0.2) is 48.5 Å². The highest BCUT2D eigenvalue weighted by Crippen LogP contribution is 2.46. The van der Waals surface area contributed by atoms with Crippen molar-refractivity contribution in [1.82, 2.24) is 0 Å². The maximum atomic E-state index is 6.41. The molecule has 0 bridgehead atoms. The second kappa shape index (κ2) is 12.6. The normalized spacial score (nSPS) is 12.2. The molecule has 0 N–H and O–H groups in total. The summed E-state index contributed by atoms with van der Waals surface area (Å²) in [6.45, 7) is 16.1. The molecule has 0 unspecified atom stereocenters. The molecule has 4 heteroatoms. The molecule has 0 atom stereocenters. The van der Waals surface area contributed by atoms with E-state index in [-0.39, 0.29) is 10.8 Å². The molecule has 0 heterocycles. The zero-order valence-electron chi connectivity index (χ0n) is 21.2. The van der Waals surface area contributed by atoms with E-state index in [0.717, 1.165) is 29.0 Å². The smallest absolute Gasteiger partial charge is 0.417 e. The van der Waals surface area contributed by atoms with Gasteiger partial charge in [-0.2, -0.15) is 0 Å². The van der Waals surface area contributed by atoms with E-state index in [2.05, 4.69) is 72.7 Å². The number of hydrogen-bond donors (Lipinski definition) is 0. The van der Waals surface area contributed by atoms with Gasteiger partial charge in [0.05, 0.1) is 6.61 Å². The highest BCUT2D eigenvalue weighted by Gasteiger charge is 2.26. The lowest BCUT2D eigenvalue weighted by molar-refractivity contribution is 0.256. The molecule has 2 rings (SSSR count). The van der Waals surface area contributed by atoms with Crippen LogP contribution in [0.25, 0.3) is 0 Å². The van der Waals surface area contributed by atoms with E-state index in [0.29, 0.717) is 6.61 Å². The summed E-state index contributed by atoms with van der Waals surface area (Å²) >= 11 is 0. The minimum absolute atomic E-state index is 0.0276. The van der Waals surface area contributed by atoms with Gasteiger partial charge in [-0.15, -0.1) is 0 Å². The molecular formula is C28H43O3P. The summed E-state index contributed by atoms with van der Waals surface area (Å²) in [7, 11) is -1.57. The van der Waals surface area contributed by atoms with Crippen LogP contribution in [0, 0.1) is 0 Å². The number of hydrogen-bond acceptors (Lipinski definition) is 3. The van der Waals surface area contributed by atoms with Crippen molar-refractivity contribution in [2.24, 2.45) is 0 Å². The first-order valence-electron chi connectivity index (χ1n) is 12.1. The van der Waals surface area contributed by atoms with Gasteiger partial charge in [0.25, 0.3) is 0 Å². The van der Waals surface area contributed by atoms with Gasteiger partial charge in [-0.25, -0.2) is 0 Å². The number of benzene rings is 2. The zero-order chi connectivity index (χ0) is 23.6. The highest BCUT2D eigenvalue weighted by molar-refractivity contribution is 7.42. The average Bonchev–Trinajstić information content (AvgIpc) is 2.72. The van der Waals surface area contributed by atoms with Crippen molar-refractivity contribution in [2.45, 2.75) is 97.8 Å². The fourth-order valence-corrected chi connectivity index (χ4v) is 4.65.